The third-order valence-electron chi connectivity index (χ3n) is 2.46. The van der Waals surface area contributed by atoms with E-state index in [2.05, 4.69) is 26.2 Å². The molecule has 0 aliphatic rings. The average Bonchev–Trinajstić information content (AvgIpc) is 2.34. The van der Waals surface area contributed by atoms with Crippen LogP contribution < -0.4 is 5.32 Å². The zero-order chi connectivity index (χ0) is 13.1. The van der Waals surface area contributed by atoms with Crippen LogP contribution in [0.25, 0.3) is 0 Å². The second-order valence-electron chi connectivity index (χ2n) is 3.82. The van der Waals surface area contributed by atoms with E-state index < -0.39 is 0 Å². The molecule has 92 valence electrons. The smallest absolute Gasteiger partial charge is 0.255 e. The fraction of sp³-hybridized carbons (Fsp3) is 0.0769. The van der Waals surface area contributed by atoms with E-state index in [0.717, 1.165) is 5.56 Å². The van der Waals surface area contributed by atoms with E-state index in [1.165, 1.54) is 6.07 Å². The average molecular weight is 307 g/mol. The molecule has 1 aromatic carbocycles. The zero-order valence-electron chi connectivity index (χ0n) is 9.64. The molecule has 2 N–H and O–H groups in total. The van der Waals surface area contributed by atoms with Crippen molar-refractivity contribution in [3.63, 3.8) is 0 Å². The largest absolute Gasteiger partial charge is 0.508 e. The van der Waals surface area contributed by atoms with E-state index in [1.807, 2.05) is 0 Å². The first-order valence-electron chi connectivity index (χ1n) is 5.29. The molecule has 2 rings (SSSR count). The summed E-state index contributed by atoms with van der Waals surface area (Å²) in [5.41, 5.74) is 1.81. The molecule has 0 aliphatic carbocycles. The predicted molar refractivity (Wildman–Crippen MR) is 72.7 cm³/mol. The van der Waals surface area contributed by atoms with Gasteiger partial charge in [0.25, 0.3) is 5.91 Å². The lowest BCUT2D eigenvalue weighted by Crippen LogP contribution is -2.11. The molecule has 0 atom stereocenters. The highest BCUT2D eigenvalue weighted by molar-refractivity contribution is 9.10. The monoisotopic (exact) mass is 306 g/mol. The Morgan fingerprint density at radius 3 is 2.78 bits per heavy atom. The molecule has 2 aromatic rings. The Hall–Kier alpha value is -1.88. The Labute approximate surface area is 113 Å². The number of hydrogen-bond acceptors (Lipinski definition) is 3. The Morgan fingerprint density at radius 1 is 1.33 bits per heavy atom. The van der Waals surface area contributed by atoms with Crippen LogP contribution in [0.1, 0.15) is 15.9 Å². The van der Waals surface area contributed by atoms with Crippen LogP contribution in [-0.4, -0.2) is 16.0 Å². The number of hydrogen-bond donors (Lipinski definition) is 2. The van der Waals surface area contributed by atoms with Gasteiger partial charge in [0.15, 0.2) is 0 Å². The summed E-state index contributed by atoms with van der Waals surface area (Å²) in [5.74, 6) is -0.0925. The van der Waals surface area contributed by atoms with Crippen LogP contribution in [0.2, 0.25) is 0 Å². The molecule has 5 heteroatoms. The minimum absolute atomic E-state index is 0.156. The number of carbonyl (C=O) groups excluding carboxylic acids is 1. The van der Waals surface area contributed by atoms with Crippen molar-refractivity contribution >= 4 is 27.5 Å². The molecule has 0 saturated carbocycles. The van der Waals surface area contributed by atoms with Crippen LogP contribution in [0.5, 0.6) is 5.75 Å². The summed E-state index contributed by atoms with van der Waals surface area (Å²) in [7, 11) is 0. The number of carbonyl (C=O) groups is 1. The third kappa shape index (κ3) is 2.87. The van der Waals surface area contributed by atoms with Crippen LogP contribution in [0, 0.1) is 6.92 Å². The summed E-state index contributed by atoms with van der Waals surface area (Å²) in [4.78, 5) is 15.9. The van der Waals surface area contributed by atoms with Crippen molar-refractivity contribution in [2.45, 2.75) is 6.92 Å². The molecule has 1 amide bonds. The first kappa shape index (κ1) is 12.6. The van der Waals surface area contributed by atoms with Crippen LogP contribution >= 0.6 is 15.9 Å². The molecular formula is C13H11BrN2O2. The van der Waals surface area contributed by atoms with Gasteiger partial charge < -0.3 is 10.4 Å². The van der Waals surface area contributed by atoms with Gasteiger partial charge in [-0.25, -0.2) is 4.98 Å². The van der Waals surface area contributed by atoms with Gasteiger partial charge in [-0.3, -0.25) is 4.79 Å². The Kier molecular flexibility index (Phi) is 3.62. The van der Waals surface area contributed by atoms with E-state index in [-0.39, 0.29) is 11.7 Å². The summed E-state index contributed by atoms with van der Waals surface area (Å²) in [6.07, 6.45) is 1.55. The molecule has 0 unspecified atom stereocenters. The predicted octanol–water partition coefficient (Wildman–Crippen LogP) is 3.11. The van der Waals surface area contributed by atoms with Crippen molar-refractivity contribution in [3.05, 3.63) is 52.3 Å². The number of anilines is 1. The van der Waals surface area contributed by atoms with Gasteiger partial charge in [-0.1, -0.05) is 6.07 Å². The van der Waals surface area contributed by atoms with Gasteiger partial charge in [0.05, 0.1) is 0 Å². The maximum absolute atomic E-state index is 11.9. The number of amides is 1. The molecule has 1 heterocycles. The quantitative estimate of drug-likeness (QED) is 0.838. The van der Waals surface area contributed by atoms with E-state index >= 15 is 0 Å². The van der Waals surface area contributed by atoms with Crippen molar-refractivity contribution < 1.29 is 9.90 Å². The van der Waals surface area contributed by atoms with Crippen molar-refractivity contribution in [2.24, 2.45) is 0 Å². The molecule has 1 aromatic heterocycles. The number of benzene rings is 1. The lowest BCUT2D eigenvalue weighted by atomic mass is 10.2. The molecule has 0 radical (unpaired) electrons. The maximum atomic E-state index is 11.9. The highest BCUT2D eigenvalue weighted by Gasteiger charge is 2.07. The Morgan fingerprint density at radius 2 is 2.11 bits per heavy atom. The molecule has 0 fully saturated rings. The van der Waals surface area contributed by atoms with Crippen molar-refractivity contribution in [1.82, 2.24) is 4.98 Å². The molecule has 4 nitrogen and oxygen atoms in total. The number of pyridine rings is 1. The summed E-state index contributed by atoms with van der Waals surface area (Å²) >= 11 is 3.21. The van der Waals surface area contributed by atoms with Crippen molar-refractivity contribution in [2.75, 3.05) is 5.32 Å². The molecule has 0 aliphatic heterocycles. The van der Waals surface area contributed by atoms with E-state index in [0.29, 0.717) is 15.9 Å². The van der Waals surface area contributed by atoms with Crippen LogP contribution in [0.4, 0.5) is 5.69 Å². The summed E-state index contributed by atoms with van der Waals surface area (Å²) < 4.78 is 0.599. The standard InChI is InChI=1S/C13H11BrN2O2/c1-8-2-3-10(7-11(8)17)16-13(18)9-4-5-15-12(14)6-9/h2-7,17H,1H3,(H,16,18). The Bertz CT molecular complexity index is 599. The van der Waals surface area contributed by atoms with Gasteiger partial charge in [0.1, 0.15) is 10.4 Å². The van der Waals surface area contributed by atoms with E-state index in [9.17, 15) is 9.90 Å². The van der Waals surface area contributed by atoms with Gasteiger partial charge in [-0.15, -0.1) is 0 Å². The topological polar surface area (TPSA) is 62.2 Å². The zero-order valence-corrected chi connectivity index (χ0v) is 11.2. The maximum Gasteiger partial charge on any atom is 0.255 e. The van der Waals surface area contributed by atoms with E-state index in [4.69, 9.17) is 0 Å². The van der Waals surface area contributed by atoms with Crippen LogP contribution in [-0.2, 0) is 0 Å². The van der Waals surface area contributed by atoms with Gasteiger partial charge in [-0.05, 0) is 46.6 Å². The number of nitrogens with zero attached hydrogens (tertiary/aromatic N) is 1. The fourth-order valence-electron chi connectivity index (χ4n) is 1.43. The summed E-state index contributed by atoms with van der Waals surface area (Å²) in [6, 6.07) is 8.25. The molecule has 0 spiro atoms. The Balaban J connectivity index is 2.18. The SMILES string of the molecule is Cc1ccc(NC(=O)c2ccnc(Br)c2)cc1O. The number of nitrogens with one attached hydrogen (secondary N) is 1. The molecular weight excluding hydrogens is 296 g/mol. The highest BCUT2D eigenvalue weighted by Crippen LogP contribution is 2.21. The fourth-order valence-corrected chi connectivity index (χ4v) is 1.80. The number of rotatable bonds is 2. The normalized spacial score (nSPS) is 10.1. The van der Waals surface area contributed by atoms with Crippen LogP contribution in [0.3, 0.4) is 0 Å². The van der Waals surface area contributed by atoms with Gasteiger partial charge in [0, 0.05) is 23.5 Å². The second kappa shape index (κ2) is 5.18. The number of aromatic nitrogens is 1. The van der Waals surface area contributed by atoms with Gasteiger partial charge >= 0.3 is 0 Å². The molecule has 0 saturated heterocycles. The summed E-state index contributed by atoms with van der Waals surface area (Å²) in [5, 5.41) is 12.3. The number of phenols is 1. The number of phenolic OH excluding ortho intramolecular Hbond substituents is 1. The number of aromatic hydroxyl groups is 1. The lowest BCUT2D eigenvalue weighted by molar-refractivity contribution is 0.102. The van der Waals surface area contributed by atoms with Crippen molar-refractivity contribution in [1.29, 1.82) is 0 Å². The summed E-state index contributed by atoms with van der Waals surface area (Å²) in [6.45, 7) is 1.79. The molecule has 0 bridgehead atoms. The third-order valence-corrected chi connectivity index (χ3v) is 2.89. The van der Waals surface area contributed by atoms with E-state index in [1.54, 1.807) is 37.4 Å². The van der Waals surface area contributed by atoms with Crippen LogP contribution in [0.15, 0.2) is 41.1 Å². The second-order valence-corrected chi connectivity index (χ2v) is 4.64. The first-order valence-corrected chi connectivity index (χ1v) is 6.08. The highest BCUT2D eigenvalue weighted by atomic mass is 79.9. The lowest BCUT2D eigenvalue weighted by Gasteiger charge is -2.07. The van der Waals surface area contributed by atoms with Gasteiger partial charge in [0.2, 0.25) is 0 Å². The molecule has 18 heavy (non-hydrogen) atoms. The minimum Gasteiger partial charge on any atom is -0.508 e. The number of aryl methyl sites for hydroxylation is 1. The van der Waals surface area contributed by atoms with Gasteiger partial charge in [-0.2, -0.15) is 0 Å². The first-order chi connectivity index (χ1) is 8.56. The number of halogens is 1. The minimum atomic E-state index is -0.249. The van der Waals surface area contributed by atoms with Crippen molar-refractivity contribution in [3.8, 4) is 5.75 Å².